The van der Waals surface area contributed by atoms with E-state index in [9.17, 15) is 4.79 Å². The Morgan fingerprint density at radius 1 is 1.45 bits per heavy atom. The summed E-state index contributed by atoms with van der Waals surface area (Å²) in [7, 11) is 1.74. The molecule has 2 aromatic rings. The highest BCUT2D eigenvalue weighted by Gasteiger charge is 2.17. The van der Waals surface area contributed by atoms with Crippen LogP contribution in [0.2, 0.25) is 5.02 Å². The number of aryl methyl sites for hydroxylation is 2. The van der Waals surface area contributed by atoms with Crippen molar-refractivity contribution in [2.45, 2.75) is 20.4 Å². The van der Waals surface area contributed by atoms with Crippen LogP contribution in [-0.2, 0) is 6.54 Å². The molecular weight excluding hydrogens is 344 g/mol. The van der Waals surface area contributed by atoms with Gasteiger partial charge in [-0.05, 0) is 48.0 Å². The Morgan fingerprint density at radius 2 is 2.15 bits per heavy atom. The Labute approximate surface area is 130 Å². The maximum atomic E-state index is 12.4. The number of rotatable bonds is 3. The molecule has 2 rings (SSSR count). The molecule has 1 aromatic heterocycles. The number of benzene rings is 1. The molecule has 4 nitrogen and oxygen atoms in total. The minimum absolute atomic E-state index is 0.0978. The summed E-state index contributed by atoms with van der Waals surface area (Å²) in [5.41, 5.74) is 2.28. The van der Waals surface area contributed by atoms with Crippen LogP contribution in [-0.4, -0.2) is 23.0 Å². The van der Waals surface area contributed by atoms with E-state index in [-0.39, 0.29) is 5.91 Å². The van der Waals surface area contributed by atoms with E-state index in [1.54, 1.807) is 30.1 Å². The molecule has 0 radical (unpaired) electrons. The van der Waals surface area contributed by atoms with E-state index in [4.69, 9.17) is 16.1 Å². The smallest absolute Gasteiger partial charge is 0.253 e. The summed E-state index contributed by atoms with van der Waals surface area (Å²) in [6.45, 7) is 4.15. The summed E-state index contributed by atoms with van der Waals surface area (Å²) in [6.07, 6.45) is 0. The largest absolute Gasteiger partial charge is 0.361 e. The van der Waals surface area contributed by atoms with Crippen molar-refractivity contribution in [2.24, 2.45) is 0 Å². The molecule has 0 spiro atoms. The second-order valence-corrected chi connectivity index (χ2v) is 5.85. The Hall–Kier alpha value is -1.33. The molecular formula is C14H14BrClN2O2. The normalized spacial score (nSPS) is 10.7. The zero-order valence-corrected chi connectivity index (χ0v) is 13.7. The average Bonchev–Trinajstić information content (AvgIpc) is 2.72. The van der Waals surface area contributed by atoms with Gasteiger partial charge < -0.3 is 9.42 Å². The van der Waals surface area contributed by atoms with Crippen molar-refractivity contribution in [3.05, 3.63) is 50.3 Å². The molecule has 0 saturated carbocycles. The van der Waals surface area contributed by atoms with Crippen LogP contribution in [0.1, 0.15) is 27.4 Å². The van der Waals surface area contributed by atoms with Crippen molar-refractivity contribution in [1.29, 1.82) is 0 Å². The number of carbonyl (C=O) groups excluding carboxylic acids is 1. The molecule has 0 bridgehead atoms. The van der Waals surface area contributed by atoms with E-state index in [0.717, 1.165) is 21.5 Å². The monoisotopic (exact) mass is 356 g/mol. The van der Waals surface area contributed by atoms with Crippen molar-refractivity contribution in [1.82, 2.24) is 10.1 Å². The topological polar surface area (TPSA) is 46.3 Å². The maximum absolute atomic E-state index is 12.4. The Kier molecular flexibility index (Phi) is 4.50. The first-order valence-electron chi connectivity index (χ1n) is 6.02. The molecule has 106 valence electrons. The number of hydrogen-bond donors (Lipinski definition) is 0. The highest BCUT2D eigenvalue weighted by Crippen LogP contribution is 2.24. The molecule has 0 aliphatic rings. The van der Waals surface area contributed by atoms with Crippen molar-refractivity contribution in [3.63, 3.8) is 0 Å². The lowest BCUT2D eigenvalue weighted by atomic mass is 10.1. The lowest BCUT2D eigenvalue weighted by Gasteiger charge is -2.17. The standard InChI is InChI=1S/C14H14BrClN2O2/c1-8-11(9(2)20-17-8)7-18(3)14(19)10-4-5-12(15)13(16)6-10/h4-6H,7H2,1-3H3. The van der Waals surface area contributed by atoms with Crippen molar-refractivity contribution in [3.8, 4) is 0 Å². The number of halogens is 2. The molecule has 0 fully saturated rings. The molecule has 0 saturated heterocycles. The van der Waals surface area contributed by atoms with E-state index >= 15 is 0 Å². The summed E-state index contributed by atoms with van der Waals surface area (Å²) >= 11 is 9.32. The van der Waals surface area contributed by atoms with Gasteiger partial charge in [0.25, 0.3) is 5.91 Å². The van der Waals surface area contributed by atoms with Gasteiger partial charge in [-0.2, -0.15) is 0 Å². The average molecular weight is 358 g/mol. The van der Waals surface area contributed by atoms with Crippen LogP contribution in [0.4, 0.5) is 0 Å². The molecule has 0 unspecified atom stereocenters. The van der Waals surface area contributed by atoms with Crippen molar-refractivity contribution < 1.29 is 9.32 Å². The lowest BCUT2D eigenvalue weighted by molar-refractivity contribution is 0.0784. The molecule has 20 heavy (non-hydrogen) atoms. The van der Waals surface area contributed by atoms with Crippen LogP contribution < -0.4 is 0 Å². The van der Waals surface area contributed by atoms with Crippen LogP contribution in [0.25, 0.3) is 0 Å². The van der Waals surface area contributed by atoms with Gasteiger partial charge in [-0.15, -0.1) is 0 Å². The van der Waals surface area contributed by atoms with Gasteiger partial charge in [0.1, 0.15) is 5.76 Å². The third kappa shape index (κ3) is 3.04. The summed E-state index contributed by atoms with van der Waals surface area (Å²) in [5.74, 6) is 0.635. The van der Waals surface area contributed by atoms with Gasteiger partial charge in [-0.3, -0.25) is 4.79 Å². The first kappa shape index (κ1) is 15.1. The molecule has 0 N–H and O–H groups in total. The zero-order chi connectivity index (χ0) is 14.9. The highest BCUT2D eigenvalue weighted by atomic mass is 79.9. The third-order valence-electron chi connectivity index (χ3n) is 3.09. The fourth-order valence-electron chi connectivity index (χ4n) is 1.89. The Balaban J connectivity index is 2.18. The molecule has 1 aromatic carbocycles. The number of carbonyl (C=O) groups is 1. The number of amides is 1. The predicted molar refractivity (Wildman–Crippen MR) is 80.9 cm³/mol. The van der Waals surface area contributed by atoms with E-state index in [0.29, 0.717) is 17.1 Å². The number of aromatic nitrogens is 1. The number of nitrogens with zero attached hydrogens (tertiary/aromatic N) is 2. The van der Waals surface area contributed by atoms with Gasteiger partial charge in [0.2, 0.25) is 0 Å². The summed E-state index contributed by atoms with van der Waals surface area (Å²) in [4.78, 5) is 14.0. The van der Waals surface area contributed by atoms with Crippen LogP contribution in [0.3, 0.4) is 0 Å². The predicted octanol–water partition coefficient (Wildman–Crippen LogP) is 3.98. The Bertz CT molecular complexity index is 635. The van der Waals surface area contributed by atoms with Crippen LogP contribution >= 0.6 is 27.5 Å². The molecule has 0 atom stereocenters. The molecule has 1 heterocycles. The SMILES string of the molecule is Cc1noc(C)c1CN(C)C(=O)c1ccc(Br)c(Cl)c1. The number of hydrogen-bond acceptors (Lipinski definition) is 3. The van der Waals surface area contributed by atoms with Gasteiger partial charge in [-0.25, -0.2) is 0 Å². The quantitative estimate of drug-likeness (QED) is 0.834. The van der Waals surface area contributed by atoms with Crippen LogP contribution in [0.15, 0.2) is 27.2 Å². The molecule has 0 aliphatic carbocycles. The first-order valence-corrected chi connectivity index (χ1v) is 7.19. The fraction of sp³-hybridized carbons (Fsp3) is 0.286. The van der Waals surface area contributed by atoms with E-state index in [1.807, 2.05) is 13.8 Å². The van der Waals surface area contributed by atoms with Gasteiger partial charge >= 0.3 is 0 Å². The Morgan fingerprint density at radius 3 is 2.70 bits per heavy atom. The van der Waals surface area contributed by atoms with E-state index < -0.39 is 0 Å². The molecule has 6 heteroatoms. The minimum atomic E-state index is -0.0978. The highest BCUT2D eigenvalue weighted by molar-refractivity contribution is 9.10. The zero-order valence-electron chi connectivity index (χ0n) is 11.4. The maximum Gasteiger partial charge on any atom is 0.253 e. The van der Waals surface area contributed by atoms with Gasteiger partial charge in [0, 0.05) is 22.6 Å². The van der Waals surface area contributed by atoms with Crippen molar-refractivity contribution >= 4 is 33.4 Å². The van der Waals surface area contributed by atoms with Crippen LogP contribution in [0, 0.1) is 13.8 Å². The van der Waals surface area contributed by atoms with Crippen LogP contribution in [0.5, 0.6) is 0 Å². The second kappa shape index (κ2) is 5.97. The molecule has 1 amide bonds. The molecule has 0 aliphatic heterocycles. The summed E-state index contributed by atoms with van der Waals surface area (Å²) in [5, 5.41) is 4.40. The lowest BCUT2D eigenvalue weighted by Crippen LogP contribution is -2.26. The fourth-order valence-corrected chi connectivity index (χ4v) is 2.31. The summed E-state index contributed by atoms with van der Waals surface area (Å²) < 4.78 is 5.87. The van der Waals surface area contributed by atoms with E-state index in [1.165, 1.54) is 0 Å². The summed E-state index contributed by atoms with van der Waals surface area (Å²) in [6, 6.07) is 5.15. The van der Waals surface area contributed by atoms with Gasteiger partial charge in [0.15, 0.2) is 0 Å². The van der Waals surface area contributed by atoms with Crippen molar-refractivity contribution in [2.75, 3.05) is 7.05 Å². The first-order chi connectivity index (χ1) is 9.40. The van der Waals surface area contributed by atoms with Gasteiger partial charge in [-0.1, -0.05) is 16.8 Å². The van der Waals surface area contributed by atoms with Gasteiger partial charge in [0.05, 0.1) is 17.3 Å². The van der Waals surface area contributed by atoms with E-state index in [2.05, 4.69) is 21.1 Å². The minimum Gasteiger partial charge on any atom is -0.361 e. The third-order valence-corrected chi connectivity index (χ3v) is 4.32. The second-order valence-electron chi connectivity index (χ2n) is 4.59.